The van der Waals surface area contributed by atoms with Crippen LogP contribution in [0.2, 0.25) is 0 Å². The third-order valence-electron chi connectivity index (χ3n) is 3.20. The van der Waals surface area contributed by atoms with Gasteiger partial charge < -0.3 is 10.7 Å². The fraction of sp³-hybridized carbons (Fsp3) is 0.214. The number of hydrogen-bond donors (Lipinski definition) is 2. The fourth-order valence-electron chi connectivity index (χ4n) is 2.32. The zero-order valence-electron chi connectivity index (χ0n) is 10.8. The molecule has 0 fully saturated rings. The summed E-state index contributed by atoms with van der Waals surface area (Å²) in [5.74, 6) is 0.453. The lowest BCUT2D eigenvalue weighted by Gasteiger charge is -2.06. The topological polar surface area (TPSA) is 84.7 Å². The van der Waals surface area contributed by atoms with Crippen LogP contribution in [0.15, 0.2) is 23.0 Å². The normalized spacial score (nSPS) is 11.3. The summed E-state index contributed by atoms with van der Waals surface area (Å²) in [6.45, 7) is 4.23. The van der Waals surface area contributed by atoms with Gasteiger partial charge in [-0.1, -0.05) is 6.07 Å². The number of pyridine rings is 1. The Morgan fingerprint density at radius 3 is 2.68 bits per heavy atom. The first-order valence-corrected chi connectivity index (χ1v) is 6.09. The molecule has 2 heterocycles. The number of benzene rings is 1. The summed E-state index contributed by atoms with van der Waals surface area (Å²) in [6.07, 6.45) is 0. The lowest BCUT2D eigenvalue weighted by molar-refractivity contribution is 0.908. The summed E-state index contributed by atoms with van der Waals surface area (Å²) in [7, 11) is 0. The summed E-state index contributed by atoms with van der Waals surface area (Å²) in [5, 5.41) is 1.47. The molecule has 3 aromatic rings. The molecule has 5 nitrogen and oxygen atoms in total. The number of aryl methyl sites for hydroxylation is 2. The second kappa shape index (κ2) is 4.13. The molecule has 0 unspecified atom stereocenters. The number of H-pyrrole nitrogens is 1. The summed E-state index contributed by atoms with van der Waals surface area (Å²) in [4.78, 5) is 23.4. The van der Waals surface area contributed by atoms with Crippen molar-refractivity contribution in [2.45, 2.75) is 20.4 Å². The number of hydrogen-bond acceptors (Lipinski definition) is 4. The molecule has 0 aliphatic rings. The average molecular weight is 254 g/mol. The Hall–Kier alpha value is -2.27. The van der Waals surface area contributed by atoms with Crippen LogP contribution in [0.3, 0.4) is 0 Å². The highest BCUT2D eigenvalue weighted by molar-refractivity contribution is 5.92. The number of nitrogens with one attached hydrogen (secondary N) is 1. The Labute approximate surface area is 109 Å². The molecule has 19 heavy (non-hydrogen) atoms. The number of rotatable bonds is 1. The molecule has 1 aromatic carbocycles. The van der Waals surface area contributed by atoms with E-state index < -0.39 is 0 Å². The Kier molecular flexibility index (Phi) is 2.57. The van der Waals surface area contributed by atoms with E-state index in [1.807, 2.05) is 26.0 Å². The zero-order valence-corrected chi connectivity index (χ0v) is 10.8. The van der Waals surface area contributed by atoms with Gasteiger partial charge in [0.25, 0.3) is 5.56 Å². The van der Waals surface area contributed by atoms with E-state index >= 15 is 0 Å². The van der Waals surface area contributed by atoms with Crippen molar-refractivity contribution in [1.82, 2.24) is 15.0 Å². The maximum absolute atomic E-state index is 12.0. The second-order valence-electron chi connectivity index (χ2n) is 4.72. The molecule has 0 radical (unpaired) electrons. The van der Waals surface area contributed by atoms with E-state index in [0.717, 1.165) is 22.0 Å². The van der Waals surface area contributed by atoms with Crippen LogP contribution in [0.4, 0.5) is 0 Å². The van der Waals surface area contributed by atoms with Crippen molar-refractivity contribution in [3.63, 3.8) is 0 Å². The van der Waals surface area contributed by atoms with Crippen molar-refractivity contribution in [1.29, 1.82) is 0 Å². The molecule has 0 spiro atoms. The molecule has 96 valence electrons. The van der Waals surface area contributed by atoms with Crippen LogP contribution in [-0.2, 0) is 6.54 Å². The third kappa shape index (κ3) is 1.88. The van der Waals surface area contributed by atoms with E-state index in [9.17, 15) is 4.79 Å². The minimum Gasteiger partial charge on any atom is -0.324 e. The number of aromatic nitrogens is 3. The summed E-state index contributed by atoms with van der Waals surface area (Å²) >= 11 is 0. The molecule has 0 aliphatic carbocycles. The average Bonchev–Trinajstić information content (AvgIpc) is 2.36. The van der Waals surface area contributed by atoms with Crippen LogP contribution >= 0.6 is 0 Å². The lowest BCUT2D eigenvalue weighted by atomic mass is 10.1. The molecule has 0 aliphatic heterocycles. The smallest absolute Gasteiger partial charge is 0.260 e. The van der Waals surface area contributed by atoms with E-state index in [4.69, 9.17) is 5.73 Å². The van der Waals surface area contributed by atoms with Crippen LogP contribution in [-0.4, -0.2) is 15.0 Å². The van der Waals surface area contributed by atoms with E-state index in [2.05, 4.69) is 21.0 Å². The van der Waals surface area contributed by atoms with Gasteiger partial charge in [-0.15, -0.1) is 0 Å². The third-order valence-corrected chi connectivity index (χ3v) is 3.20. The molecule has 3 N–H and O–H groups in total. The number of nitrogens with two attached hydrogens (primary N) is 1. The van der Waals surface area contributed by atoms with Gasteiger partial charge in [0.2, 0.25) is 0 Å². The van der Waals surface area contributed by atoms with Crippen LogP contribution in [0.25, 0.3) is 21.9 Å². The van der Waals surface area contributed by atoms with Gasteiger partial charge in [0.1, 0.15) is 5.82 Å². The Morgan fingerprint density at radius 2 is 1.95 bits per heavy atom. The molecule has 0 saturated heterocycles. The van der Waals surface area contributed by atoms with Crippen LogP contribution in [0, 0.1) is 13.8 Å². The number of aromatic amines is 1. The van der Waals surface area contributed by atoms with Gasteiger partial charge in [0.05, 0.1) is 17.4 Å². The molecular weight excluding hydrogens is 240 g/mol. The predicted octanol–water partition coefficient (Wildman–Crippen LogP) is 1.55. The SMILES string of the molecule is Cc1cc(C)c2cc3c(=O)[nH]c(CN)nc3nc2c1. The van der Waals surface area contributed by atoms with Crippen molar-refractivity contribution in [3.05, 3.63) is 45.5 Å². The Morgan fingerprint density at radius 1 is 1.16 bits per heavy atom. The Balaban J connectivity index is 2.48. The van der Waals surface area contributed by atoms with Crippen LogP contribution < -0.4 is 11.3 Å². The fourth-order valence-corrected chi connectivity index (χ4v) is 2.32. The lowest BCUT2D eigenvalue weighted by Crippen LogP contribution is -2.15. The quantitative estimate of drug-likeness (QED) is 0.645. The van der Waals surface area contributed by atoms with Gasteiger partial charge in [-0.3, -0.25) is 4.79 Å². The van der Waals surface area contributed by atoms with Crippen molar-refractivity contribution >= 4 is 21.9 Å². The minimum atomic E-state index is -0.195. The summed E-state index contributed by atoms with van der Waals surface area (Å²) < 4.78 is 0. The van der Waals surface area contributed by atoms with Crippen molar-refractivity contribution in [2.24, 2.45) is 5.73 Å². The highest BCUT2D eigenvalue weighted by Crippen LogP contribution is 2.21. The van der Waals surface area contributed by atoms with Gasteiger partial charge in [-0.05, 0) is 37.1 Å². The zero-order chi connectivity index (χ0) is 13.6. The van der Waals surface area contributed by atoms with Crippen molar-refractivity contribution in [3.8, 4) is 0 Å². The minimum absolute atomic E-state index is 0.192. The number of fused-ring (bicyclic) bond motifs is 2. The second-order valence-corrected chi connectivity index (χ2v) is 4.72. The van der Waals surface area contributed by atoms with Gasteiger partial charge in [-0.2, -0.15) is 0 Å². The van der Waals surface area contributed by atoms with Gasteiger partial charge >= 0.3 is 0 Å². The van der Waals surface area contributed by atoms with Crippen LogP contribution in [0.1, 0.15) is 17.0 Å². The molecule has 0 atom stereocenters. The number of nitrogens with zero attached hydrogens (tertiary/aromatic N) is 2. The molecule has 0 amide bonds. The highest BCUT2D eigenvalue weighted by atomic mass is 16.1. The van der Waals surface area contributed by atoms with Crippen molar-refractivity contribution in [2.75, 3.05) is 0 Å². The van der Waals surface area contributed by atoms with E-state index in [-0.39, 0.29) is 12.1 Å². The summed E-state index contributed by atoms with van der Waals surface area (Å²) in [5.41, 5.74) is 8.86. The first-order valence-electron chi connectivity index (χ1n) is 6.09. The maximum Gasteiger partial charge on any atom is 0.260 e. The van der Waals surface area contributed by atoms with E-state index in [1.54, 1.807) is 0 Å². The molecule has 0 saturated carbocycles. The molecule has 5 heteroatoms. The molecule has 2 aromatic heterocycles. The predicted molar refractivity (Wildman–Crippen MR) is 75.0 cm³/mol. The van der Waals surface area contributed by atoms with Gasteiger partial charge in [0.15, 0.2) is 5.65 Å². The molecular formula is C14H14N4O. The largest absolute Gasteiger partial charge is 0.324 e. The summed E-state index contributed by atoms with van der Waals surface area (Å²) in [6, 6.07) is 5.91. The van der Waals surface area contributed by atoms with Crippen molar-refractivity contribution < 1.29 is 0 Å². The van der Waals surface area contributed by atoms with E-state index in [0.29, 0.717) is 16.9 Å². The maximum atomic E-state index is 12.0. The van der Waals surface area contributed by atoms with Gasteiger partial charge in [-0.25, -0.2) is 9.97 Å². The monoisotopic (exact) mass is 254 g/mol. The highest BCUT2D eigenvalue weighted by Gasteiger charge is 2.08. The van der Waals surface area contributed by atoms with Crippen LogP contribution in [0.5, 0.6) is 0 Å². The van der Waals surface area contributed by atoms with E-state index in [1.165, 1.54) is 0 Å². The Bertz CT molecular complexity index is 851. The standard InChI is InChI=1S/C14H14N4O/c1-7-3-8(2)9-5-10-13(16-11(9)4-7)17-12(6-15)18-14(10)19/h3-5H,6,15H2,1-2H3,(H,16,17,18,19). The molecule has 3 rings (SSSR count). The van der Waals surface area contributed by atoms with Gasteiger partial charge in [0, 0.05) is 5.39 Å². The first kappa shape index (κ1) is 11.8. The first-order chi connectivity index (χ1) is 9.08. The molecule has 0 bridgehead atoms.